The maximum absolute atomic E-state index is 12.2. The Labute approximate surface area is 147 Å². The van der Waals surface area contributed by atoms with Crippen LogP contribution in [0.2, 0.25) is 0 Å². The molecule has 1 aliphatic carbocycles. The van der Waals surface area contributed by atoms with E-state index in [9.17, 15) is 18.0 Å². The number of carbonyl (C=O) groups excluding carboxylic acids is 1. The molecule has 0 heterocycles. The van der Waals surface area contributed by atoms with E-state index in [1.54, 1.807) is 19.1 Å². The highest BCUT2D eigenvalue weighted by Crippen LogP contribution is 2.25. The Bertz CT molecular complexity index is 755. The molecule has 0 aliphatic heterocycles. The molecule has 138 valence electrons. The molecule has 0 radical (unpaired) electrons. The van der Waals surface area contributed by atoms with E-state index in [2.05, 4.69) is 15.4 Å². The highest BCUT2D eigenvalue weighted by molar-refractivity contribution is 7.89. The Morgan fingerprint density at radius 2 is 1.80 bits per heavy atom. The Morgan fingerprint density at radius 1 is 1.16 bits per heavy atom. The summed E-state index contributed by atoms with van der Waals surface area (Å²) in [6, 6.07) is 4.15. The van der Waals surface area contributed by atoms with Gasteiger partial charge in [0.1, 0.15) is 0 Å². The zero-order valence-electron chi connectivity index (χ0n) is 14.2. The third-order valence-corrected chi connectivity index (χ3v) is 6.06. The first kappa shape index (κ1) is 19.2. The van der Waals surface area contributed by atoms with Crippen LogP contribution in [0.25, 0.3) is 0 Å². The van der Waals surface area contributed by atoms with Crippen molar-refractivity contribution in [2.75, 3.05) is 12.4 Å². The van der Waals surface area contributed by atoms with Gasteiger partial charge in [-0.3, -0.25) is 4.79 Å². The standard InChI is InChI=1S/C16H23N3O5S/c1-10-13(4-3-5-14(10)25(23,24)17-2)19-16(22)18-12-8-6-11(7-9-12)15(20)21/h3-5,11-12,17H,6-9H2,1-2H3,(H,20,21)(H2,18,19,22). The van der Waals surface area contributed by atoms with Gasteiger partial charge in [0.25, 0.3) is 0 Å². The molecule has 2 amide bonds. The molecule has 25 heavy (non-hydrogen) atoms. The smallest absolute Gasteiger partial charge is 0.319 e. The second kappa shape index (κ2) is 7.83. The van der Waals surface area contributed by atoms with Crippen LogP contribution in [0, 0.1) is 12.8 Å². The summed E-state index contributed by atoms with van der Waals surface area (Å²) in [4.78, 5) is 23.2. The van der Waals surface area contributed by atoms with Crippen LogP contribution >= 0.6 is 0 Å². The average molecular weight is 369 g/mol. The van der Waals surface area contributed by atoms with Gasteiger partial charge in [0, 0.05) is 11.7 Å². The molecule has 1 saturated carbocycles. The molecule has 0 unspecified atom stereocenters. The van der Waals surface area contributed by atoms with E-state index >= 15 is 0 Å². The monoisotopic (exact) mass is 369 g/mol. The van der Waals surface area contributed by atoms with Crippen LogP contribution in [-0.2, 0) is 14.8 Å². The molecule has 1 aromatic carbocycles. The number of benzene rings is 1. The van der Waals surface area contributed by atoms with Crippen molar-refractivity contribution in [3.05, 3.63) is 23.8 Å². The van der Waals surface area contributed by atoms with Crippen LogP contribution in [0.1, 0.15) is 31.2 Å². The number of carboxylic acids is 1. The van der Waals surface area contributed by atoms with Gasteiger partial charge in [-0.15, -0.1) is 0 Å². The second-order valence-corrected chi connectivity index (χ2v) is 7.98. The quantitative estimate of drug-likeness (QED) is 0.628. The van der Waals surface area contributed by atoms with E-state index in [1.165, 1.54) is 13.1 Å². The molecular weight excluding hydrogens is 346 g/mol. The van der Waals surface area contributed by atoms with E-state index < -0.39 is 22.0 Å². The number of carbonyl (C=O) groups is 2. The molecule has 9 heteroatoms. The molecular formula is C16H23N3O5S. The summed E-state index contributed by atoms with van der Waals surface area (Å²) < 4.78 is 26.2. The van der Waals surface area contributed by atoms with Crippen LogP contribution in [0.15, 0.2) is 23.1 Å². The summed E-state index contributed by atoms with van der Waals surface area (Å²) in [5.74, 6) is -1.13. The second-order valence-electron chi connectivity index (χ2n) is 6.12. The Kier molecular flexibility index (Phi) is 6.02. The molecule has 0 saturated heterocycles. The number of nitrogens with one attached hydrogen (secondary N) is 3. The summed E-state index contributed by atoms with van der Waals surface area (Å²) in [6.45, 7) is 1.62. The number of aliphatic carboxylic acids is 1. The summed E-state index contributed by atoms with van der Waals surface area (Å²) >= 11 is 0. The van der Waals surface area contributed by atoms with Gasteiger partial charge in [0.05, 0.1) is 10.8 Å². The average Bonchev–Trinajstić information content (AvgIpc) is 2.57. The molecule has 1 aromatic rings. The highest BCUT2D eigenvalue weighted by Gasteiger charge is 2.27. The van der Waals surface area contributed by atoms with Crippen molar-refractivity contribution in [2.24, 2.45) is 5.92 Å². The van der Waals surface area contributed by atoms with Gasteiger partial charge in [-0.1, -0.05) is 6.07 Å². The van der Waals surface area contributed by atoms with Crippen molar-refractivity contribution in [1.82, 2.24) is 10.0 Å². The van der Waals surface area contributed by atoms with Gasteiger partial charge in [0.15, 0.2) is 0 Å². The van der Waals surface area contributed by atoms with Gasteiger partial charge in [-0.05, 0) is 57.4 Å². The van der Waals surface area contributed by atoms with E-state index in [0.717, 1.165) is 0 Å². The van der Waals surface area contributed by atoms with Crippen LogP contribution in [0.3, 0.4) is 0 Å². The first-order chi connectivity index (χ1) is 11.7. The molecule has 1 fully saturated rings. The van der Waals surface area contributed by atoms with Crippen LogP contribution in [-0.4, -0.2) is 38.6 Å². The number of rotatable bonds is 5. The Balaban J connectivity index is 2.00. The number of amides is 2. The van der Waals surface area contributed by atoms with E-state index in [-0.39, 0.29) is 16.9 Å². The normalized spacial score (nSPS) is 20.7. The topological polar surface area (TPSA) is 125 Å². The highest BCUT2D eigenvalue weighted by atomic mass is 32.2. The van der Waals surface area contributed by atoms with Gasteiger partial charge >= 0.3 is 12.0 Å². The zero-order valence-corrected chi connectivity index (χ0v) is 15.0. The fourth-order valence-electron chi connectivity index (χ4n) is 2.98. The summed E-state index contributed by atoms with van der Waals surface area (Å²) in [5, 5.41) is 14.5. The summed E-state index contributed by atoms with van der Waals surface area (Å²) in [7, 11) is -2.28. The SMILES string of the molecule is CNS(=O)(=O)c1cccc(NC(=O)NC2CCC(C(=O)O)CC2)c1C. The van der Waals surface area contributed by atoms with Crippen molar-refractivity contribution in [3.63, 3.8) is 0 Å². The lowest BCUT2D eigenvalue weighted by atomic mass is 9.86. The van der Waals surface area contributed by atoms with Crippen molar-refractivity contribution in [2.45, 2.75) is 43.5 Å². The lowest BCUT2D eigenvalue weighted by Crippen LogP contribution is -2.41. The lowest BCUT2D eigenvalue weighted by molar-refractivity contribution is -0.142. The van der Waals surface area contributed by atoms with Crippen molar-refractivity contribution < 1.29 is 23.1 Å². The molecule has 2 rings (SSSR count). The molecule has 0 bridgehead atoms. The van der Waals surface area contributed by atoms with E-state index in [4.69, 9.17) is 5.11 Å². The van der Waals surface area contributed by atoms with Crippen LogP contribution in [0.5, 0.6) is 0 Å². The maximum atomic E-state index is 12.2. The van der Waals surface area contributed by atoms with Crippen molar-refractivity contribution in [3.8, 4) is 0 Å². The lowest BCUT2D eigenvalue weighted by Gasteiger charge is -2.27. The Hall–Kier alpha value is -2.13. The third-order valence-electron chi connectivity index (χ3n) is 4.50. The molecule has 0 atom stereocenters. The first-order valence-corrected chi connectivity index (χ1v) is 9.56. The molecule has 8 nitrogen and oxygen atoms in total. The minimum absolute atomic E-state index is 0.0832. The number of carboxylic acid groups (broad SMARTS) is 1. The predicted octanol–water partition coefficient (Wildman–Crippen LogP) is 1.67. The van der Waals surface area contributed by atoms with E-state index in [0.29, 0.717) is 36.9 Å². The largest absolute Gasteiger partial charge is 0.481 e. The van der Waals surface area contributed by atoms with Gasteiger partial charge in [0.2, 0.25) is 10.0 Å². The number of anilines is 1. The fourth-order valence-corrected chi connectivity index (χ4v) is 3.97. The minimum Gasteiger partial charge on any atom is -0.481 e. The molecule has 1 aliphatic rings. The van der Waals surface area contributed by atoms with E-state index in [1.807, 2.05) is 0 Å². The number of hydrogen-bond donors (Lipinski definition) is 4. The third kappa shape index (κ3) is 4.70. The van der Waals surface area contributed by atoms with Crippen molar-refractivity contribution >= 4 is 27.7 Å². The first-order valence-electron chi connectivity index (χ1n) is 8.08. The van der Waals surface area contributed by atoms with Gasteiger partial charge < -0.3 is 15.7 Å². The summed E-state index contributed by atoms with van der Waals surface area (Å²) in [5.41, 5.74) is 0.856. The number of sulfonamides is 1. The maximum Gasteiger partial charge on any atom is 0.319 e. The molecule has 4 N–H and O–H groups in total. The minimum atomic E-state index is -3.61. The van der Waals surface area contributed by atoms with Gasteiger partial charge in [-0.25, -0.2) is 17.9 Å². The fraction of sp³-hybridized carbons (Fsp3) is 0.500. The molecule has 0 aromatic heterocycles. The number of urea groups is 1. The Morgan fingerprint density at radius 3 is 2.36 bits per heavy atom. The van der Waals surface area contributed by atoms with Crippen LogP contribution < -0.4 is 15.4 Å². The van der Waals surface area contributed by atoms with Gasteiger partial charge in [-0.2, -0.15) is 0 Å². The van der Waals surface area contributed by atoms with Crippen LogP contribution in [0.4, 0.5) is 10.5 Å². The number of hydrogen-bond acceptors (Lipinski definition) is 4. The summed E-state index contributed by atoms with van der Waals surface area (Å²) in [6.07, 6.45) is 2.29. The molecule has 0 spiro atoms. The zero-order chi connectivity index (χ0) is 18.6. The van der Waals surface area contributed by atoms with Crippen molar-refractivity contribution in [1.29, 1.82) is 0 Å². The predicted molar refractivity (Wildman–Crippen MR) is 93.0 cm³/mol.